The molecule has 0 bridgehead atoms. The third-order valence-corrected chi connectivity index (χ3v) is 8.09. The molecule has 184 valence electrons. The molecule has 0 saturated carbocycles. The van der Waals surface area contributed by atoms with Crippen LogP contribution in [-0.2, 0) is 23.0 Å². The van der Waals surface area contributed by atoms with Crippen molar-refractivity contribution in [2.24, 2.45) is 5.92 Å². The minimum Gasteiger partial charge on any atom is -0.494 e. The molecule has 2 heterocycles. The topological polar surface area (TPSA) is 79.0 Å². The summed E-state index contributed by atoms with van der Waals surface area (Å²) in [6.07, 6.45) is 4.81. The molecule has 2 aromatic carbocycles. The largest absolute Gasteiger partial charge is 0.494 e. The van der Waals surface area contributed by atoms with E-state index in [0.29, 0.717) is 37.7 Å². The molecule has 1 amide bonds. The summed E-state index contributed by atoms with van der Waals surface area (Å²) in [7, 11) is -3.13. The number of anilines is 1. The van der Waals surface area contributed by atoms with Gasteiger partial charge in [-0.3, -0.25) is 4.79 Å². The van der Waals surface area contributed by atoms with Crippen LogP contribution in [0.15, 0.2) is 42.5 Å². The first kappa shape index (κ1) is 24.5. The lowest BCUT2D eigenvalue weighted by molar-refractivity contribution is 0.0941. The minimum absolute atomic E-state index is 0.0628. The van der Waals surface area contributed by atoms with E-state index in [0.717, 1.165) is 44.5 Å². The fourth-order valence-electron chi connectivity index (χ4n) is 4.90. The number of rotatable bonds is 8. The lowest BCUT2D eigenvalue weighted by atomic mass is 9.97. The quantitative estimate of drug-likeness (QED) is 0.620. The van der Waals surface area contributed by atoms with Gasteiger partial charge in [0.05, 0.1) is 12.9 Å². The Morgan fingerprint density at radius 3 is 2.62 bits per heavy atom. The third-order valence-electron chi connectivity index (χ3n) is 6.78. The van der Waals surface area contributed by atoms with Crippen LogP contribution < -0.4 is 15.0 Å². The van der Waals surface area contributed by atoms with Crippen LogP contribution >= 0.6 is 0 Å². The molecule has 1 fully saturated rings. The summed E-state index contributed by atoms with van der Waals surface area (Å²) in [5.41, 5.74) is 4.24. The van der Waals surface area contributed by atoms with Crippen molar-refractivity contribution in [1.29, 1.82) is 0 Å². The molecule has 0 aromatic heterocycles. The average molecular weight is 486 g/mol. The van der Waals surface area contributed by atoms with E-state index in [1.807, 2.05) is 37.3 Å². The minimum atomic E-state index is -3.13. The molecular formula is C26H35N3O4S. The van der Waals surface area contributed by atoms with Gasteiger partial charge in [0.2, 0.25) is 10.0 Å². The highest BCUT2D eigenvalue weighted by atomic mass is 32.2. The van der Waals surface area contributed by atoms with E-state index in [9.17, 15) is 13.2 Å². The Balaban J connectivity index is 1.37. The number of carbonyl (C=O) groups is 1. The van der Waals surface area contributed by atoms with Crippen LogP contribution in [-0.4, -0.2) is 57.7 Å². The number of hydrogen-bond donors (Lipinski definition) is 1. The molecule has 1 N–H and O–H groups in total. The zero-order valence-electron chi connectivity index (χ0n) is 20.1. The van der Waals surface area contributed by atoms with Crippen LogP contribution in [0.25, 0.3) is 0 Å². The van der Waals surface area contributed by atoms with Gasteiger partial charge in [-0.2, -0.15) is 0 Å². The summed E-state index contributed by atoms with van der Waals surface area (Å²) < 4.78 is 30.7. The Morgan fingerprint density at radius 1 is 1.12 bits per heavy atom. The van der Waals surface area contributed by atoms with Gasteiger partial charge in [-0.15, -0.1) is 0 Å². The first-order valence-corrected chi connectivity index (χ1v) is 14.0. The first-order valence-electron chi connectivity index (χ1n) is 12.2. The number of nitrogens with zero attached hydrogens (tertiary/aromatic N) is 2. The van der Waals surface area contributed by atoms with Crippen LogP contribution in [0.1, 0.15) is 47.7 Å². The molecule has 7 nitrogen and oxygen atoms in total. The maximum Gasteiger partial charge on any atom is 0.251 e. The van der Waals surface area contributed by atoms with Crippen LogP contribution in [0.3, 0.4) is 0 Å². The second-order valence-corrected chi connectivity index (χ2v) is 11.2. The van der Waals surface area contributed by atoms with E-state index < -0.39 is 10.0 Å². The maximum absolute atomic E-state index is 12.8. The Hall–Kier alpha value is -2.58. The van der Waals surface area contributed by atoms with Crippen molar-refractivity contribution >= 4 is 21.6 Å². The zero-order chi connectivity index (χ0) is 24.1. The lowest BCUT2D eigenvalue weighted by Crippen LogP contribution is -2.41. The Morgan fingerprint density at radius 2 is 1.88 bits per heavy atom. The average Bonchev–Trinajstić information content (AvgIpc) is 2.83. The van der Waals surface area contributed by atoms with Gasteiger partial charge < -0.3 is 15.0 Å². The van der Waals surface area contributed by atoms with Crippen LogP contribution in [0.2, 0.25) is 0 Å². The summed E-state index contributed by atoms with van der Waals surface area (Å²) in [6, 6.07) is 14.2. The second-order valence-electron chi connectivity index (χ2n) is 9.22. The number of para-hydroxylation sites is 1. The van der Waals surface area contributed by atoms with Crippen molar-refractivity contribution in [2.75, 3.05) is 43.9 Å². The summed E-state index contributed by atoms with van der Waals surface area (Å²) in [5.74, 6) is 1.17. The molecule has 8 heteroatoms. The number of carbonyl (C=O) groups excluding carboxylic acids is 1. The molecule has 2 aromatic rings. The molecule has 2 aliphatic rings. The van der Waals surface area contributed by atoms with E-state index in [1.165, 1.54) is 27.4 Å². The van der Waals surface area contributed by atoms with E-state index in [1.54, 1.807) is 0 Å². The molecule has 2 aliphatic heterocycles. The highest BCUT2D eigenvalue weighted by molar-refractivity contribution is 7.88. The number of sulfonamides is 1. The standard InChI is InChI=1S/C26H35N3O4S/c1-3-33-25-9-5-4-7-23(25)19-28-14-6-8-21-17-22(10-11-24(21)28)26(30)27-18-20-12-15-29(16-13-20)34(2,31)32/h4-5,7,9-11,17,20H,3,6,8,12-16,18-19H2,1-2H3,(H,27,30). The predicted molar refractivity (Wildman–Crippen MR) is 135 cm³/mol. The number of amides is 1. The van der Waals surface area contributed by atoms with Crippen molar-refractivity contribution < 1.29 is 17.9 Å². The van der Waals surface area contributed by atoms with Gasteiger partial charge in [-0.05, 0) is 68.4 Å². The number of nitrogens with one attached hydrogen (secondary N) is 1. The fourth-order valence-corrected chi connectivity index (χ4v) is 5.78. The zero-order valence-corrected chi connectivity index (χ0v) is 20.9. The first-order chi connectivity index (χ1) is 16.3. The molecule has 0 unspecified atom stereocenters. The molecular weight excluding hydrogens is 450 g/mol. The van der Waals surface area contributed by atoms with Crippen LogP contribution in [0.5, 0.6) is 5.75 Å². The number of hydrogen-bond acceptors (Lipinski definition) is 5. The highest BCUT2D eigenvalue weighted by Crippen LogP contribution is 2.31. The molecule has 0 spiro atoms. The van der Waals surface area contributed by atoms with Crippen molar-refractivity contribution in [3.05, 3.63) is 59.2 Å². The number of aryl methyl sites for hydroxylation is 1. The van der Waals surface area contributed by atoms with Gasteiger partial charge >= 0.3 is 0 Å². The van der Waals surface area contributed by atoms with Gasteiger partial charge in [0.25, 0.3) is 5.91 Å². The van der Waals surface area contributed by atoms with Crippen LogP contribution in [0, 0.1) is 5.92 Å². The summed E-state index contributed by atoms with van der Waals surface area (Å²) in [4.78, 5) is 15.2. The SMILES string of the molecule is CCOc1ccccc1CN1CCCc2cc(C(=O)NCC3CCN(S(C)(=O)=O)CC3)ccc21. The maximum atomic E-state index is 12.8. The number of ether oxygens (including phenoxy) is 1. The Bertz CT molecular complexity index is 1110. The monoisotopic (exact) mass is 485 g/mol. The molecule has 0 atom stereocenters. The number of fused-ring (bicyclic) bond motifs is 1. The van der Waals surface area contributed by atoms with Crippen molar-refractivity contribution in [2.45, 2.75) is 39.2 Å². The summed E-state index contributed by atoms with van der Waals surface area (Å²) in [5, 5.41) is 3.06. The molecule has 1 saturated heterocycles. The summed E-state index contributed by atoms with van der Waals surface area (Å²) in [6.45, 7) is 6.03. The number of benzene rings is 2. The Labute approximate surface area is 203 Å². The molecule has 4 rings (SSSR count). The van der Waals surface area contributed by atoms with E-state index in [2.05, 4.69) is 22.3 Å². The van der Waals surface area contributed by atoms with Gasteiger partial charge in [0.1, 0.15) is 5.75 Å². The van der Waals surface area contributed by atoms with Gasteiger partial charge in [-0.25, -0.2) is 12.7 Å². The third kappa shape index (κ3) is 5.91. The van der Waals surface area contributed by atoms with Crippen molar-refractivity contribution in [3.8, 4) is 5.75 Å². The van der Waals surface area contributed by atoms with E-state index in [-0.39, 0.29) is 5.91 Å². The van der Waals surface area contributed by atoms with Gasteiger partial charge in [-0.1, -0.05) is 18.2 Å². The van der Waals surface area contributed by atoms with Crippen LogP contribution in [0.4, 0.5) is 5.69 Å². The Kier molecular flexibility index (Phi) is 7.78. The highest BCUT2D eigenvalue weighted by Gasteiger charge is 2.25. The fraction of sp³-hybridized carbons (Fsp3) is 0.500. The predicted octanol–water partition coefficient (Wildman–Crippen LogP) is 3.44. The normalized spacial score (nSPS) is 17.3. The van der Waals surface area contributed by atoms with Gasteiger partial charge in [0.15, 0.2) is 0 Å². The lowest BCUT2D eigenvalue weighted by Gasteiger charge is -2.32. The second kappa shape index (κ2) is 10.8. The van der Waals surface area contributed by atoms with Crippen molar-refractivity contribution in [3.63, 3.8) is 0 Å². The van der Waals surface area contributed by atoms with Crippen molar-refractivity contribution in [1.82, 2.24) is 9.62 Å². The number of piperidine rings is 1. The van der Waals surface area contributed by atoms with Gasteiger partial charge in [0, 0.05) is 49.5 Å². The smallest absolute Gasteiger partial charge is 0.251 e. The summed E-state index contributed by atoms with van der Waals surface area (Å²) >= 11 is 0. The molecule has 34 heavy (non-hydrogen) atoms. The molecule has 0 aliphatic carbocycles. The molecule has 0 radical (unpaired) electrons. The van der Waals surface area contributed by atoms with E-state index in [4.69, 9.17) is 4.74 Å². The van der Waals surface area contributed by atoms with E-state index >= 15 is 0 Å².